The lowest BCUT2D eigenvalue weighted by atomic mass is 9.83. The van der Waals surface area contributed by atoms with Crippen LogP contribution in [0.2, 0.25) is 5.02 Å². The van der Waals surface area contributed by atoms with Crippen molar-refractivity contribution in [2.45, 2.75) is 70.1 Å². The summed E-state index contributed by atoms with van der Waals surface area (Å²) in [5.41, 5.74) is 7.55. The third-order valence-electron chi connectivity index (χ3n) is 6.54. The van der Waals surface area contributed by atoms with Crippen molar-refractivity contribution in [1.82, 2.24) is 15.5 Å². The number of nitrogens with zero attached hydrogens (tertiary/aromatic N) is 1. The largest absolute Gasteiger partial charge is 0.480 e. The van der Waals surface area contributed by atoms with E-state index in [2.05, 4.69) is 10.6 Å². The van der Waals surface area contributed by atoms with Gasteiger partial charge < -0.3 is 21.1 Å². The van der Waals surface area contributed by atoms with Crippen molar-refractivity contribution in [2.24, 2.45) is 11.7 Å². The zero-order valence-electron chi connectivity index (χ0n) is 18.3. The molecule has 8 nitrogen and oxygen atoms in total. The molecular formula is C23H33ClN4O4. The van der Waals surface area contributed by atoms with Crippen LogP contribution in [-0.2, 0) is 27.5 Å². The summed E-state index contributed by atoms with van der Waals surface area (Å²) in [6, 6.07) is 4.27. The molecule has 2 fully saturated rings. The third-order valence-corrected chi connectivity index (χ3v) is 6.78. The third kappa shape index (κ3) is 6.21. The average molecular weight is 465 g/mol. The predicted molar refractivity (Wildman–Crippen MR) is 122 cm³/mol. The lowest BCUT2D eigenvalue weighted by Crippen LogP contribution is -2.55. The zero-order valence-corrected chi connectivity index (χ0v) is 19.1. The van der Waals surface area contributed by atoms with Gasteiger partial charge in [-0.3, -0.25) is 19.7 Å². The Bertz CT molecular complexity index is 828. The molecular weight excluding hydrogens is 432 g/mol. The number of aliphatic carboxylic acids is 1. The maximum absolute atomic E-state index is 13.4. The molecule has 9 heteroatoms. The number of carboxylic acid groups (broad SMARTS) is 1. The van der Waals surface area contributed by atoms with Gasteiger partial charge in [0.2, 0.25) is 11.8 Å². The molecule has 0 spiro atoms. The van der Waals surface area contributed by atoms with Crippen LogP contribution in [0.4, 0.5) is 0 Å². The monoisotopic (exact) mass is 464 g/mol. The highest BCUT2D eigenvalue weighted by Crippen LogP contribution is 2.29. The van der Waals surface area contributed by atoms with Crippen LogP contribution in [0.1, 0.15) is 56.1 Å². The van der Waals surface area contributed by atoms with Crippen LogP contribution in [0.3, 0.4) is 0 Å². The summed E-state index contributed by atoms with van der Waals surface area (Å²) in [6.45, 7) is 0.858. The molecule has 0 aromatic heterocycles. The summed E-state index contributed by atoms with van der Waals surface area (Å²) < 4.78 is 0. The molecule has 1 saturated carbocycles. The maximum Gasteiger partial charge on any atom is 0.317 e. The van der Waals surface area contributed by atoms with Gasteiger partial charge >= 0.3 is 5.97 Å². The number of nitrogens with one attached hydrogen (secondary N) is 2. The van der Waals surface area contributed by atoms with Gasteiger partial charge in [-0.2, -0.15) is 0 Å². The number of halogens is 1. The van der Waals surface area contributed by atoms with Gasteiger partial charge in [0.05, 0.1) is 12.6 Å². The second kappa shape index (κ2) is 11.6. The van der Waals surface area contributed by atoms with E-state index in [-0.39, 0.29) is 30.8 Å². The van der Waals surface area contributed by atoms with E-state index >= 15 is 0 Å². The smallest absolute Gasteiger partial charge is 0.317 e. The predicted octanol–water partition coefficient (Wildman–Crippen LogP) is 2.03. The number of carbonyl (C=O) groups excluding carboxylic acids is 2. The van der Waals surface area contributed by atoms with Crippen molar-refractivity contribution in [1.29, 1.82) is 0 Å². The fourth-order valence-electron chi connectivity index (χ4n) is 4.86. The molecule has 32 heavy (non-hydrogen) atoms. The Kier molecular flexibility index (Phi) is 8.90. The first kappa shape index (κ1) is 24.5. The second-order valence-corrected chi connectivity index (χ2v) is 9.11. The molecule has 1 aromatic carbocycles. The molecule has 0 bridgehead atoms. The van der Waals surface area contributed by atoms with E-state index in [0.717, 1.165) is 49.7 Å². The van der Waals surface area contributed by atoms with E-state index in [1.54, 1.807) is 17.0 Å². The highest BCUT2D eigenvalue weighted by Gasteiger charge is 2.40. The molecule has 1 saturated heterocycles. The van der Waals surface area contributed by atoms with E-state index in [1.807, 2.05) is 6.07 Å². The van der Waals surface area contributed by atoms with Crippen LogP contribution in [0.25, 0.3) is 0 Å². The van der Waals surface area contributed by atoms with Crippen LogP contribution in [0, 0.1) is 5.92 Å². The minimum absolute atomic E-state index is 0.0958. The van der Waals surface area contributed by atoms with E-state index in [4.69, 9.17) is 22.4 Å². The quantitative estimate of drug-likeness (QED) is 0.443. The summed E-state index contributed by atoms with van der Waals surface area (Å²) in [7, 11) is 0. The minimum atomic E-state index is -0.994. The molecule has 1 aliphatic heterocycles. The van der Waals surface area contributed by atoms with Crippen LogP contribution in [0.5, 0.6) is 0 Å². The van der Waals surface area contributed by atoms with Gasteiger partial charge in [0.25, 0.3) is 0 Å². The molecule has 1 aromatic rings. The van der Waals surface area contributed by atoms with Gasteiger partial charge in [-0.25, -0.2) is 0 Å². The Morgan fingerprint density at radius 2 is 1.88 bits per heavy atom. The molecule has 5 N–H and O–H groups in total. The highest BCUT2D eigenvalue weighted by molar-refractivity contribution is 6.30. The Morgan fingerprint density at radius 3 is 2.56 bits per heavy atom. The van der Waals surface area contributed by atoms with E-state index in [0.29, 0.717) is 24.5 Å². The fraction of sp³-hybridized carbons (Fsp3) is 0.609. The number of hydrogen-bond acceptors (Lipinski definition) is 5. The first-order valence-electron chi connectivity index (χ1n) is 11.4. The molecule has 3 rings (SSSR count). The van der Waals surface area contributed by atoms with Crippen LogP contribution in [0.15, 0.2) is 18.2 Å². The second-order valence-electron chi connectivity index (χ2n) is 8.68. The maximum atomic E-state index is 13.4. The molecule has 2 atom stereocenters. The number of amides is 2. The lowest BCUT2D eigenvalue weighted by Gasteiger charge is -2.34. The van der Waals surface area contributed by atoms with Crippen molar-refractivity contribution in [3.8, 4) is 0 Å². The van der Waals surface area contributed by atoms with E-state index in [9.17, 15) is 14.4 Å². The zero-order chi connectivity index (χ0) is 23.1. The van der Waals surface area contributed by atoms with Crippen LogP contribution in [-0.4, -0.2) is 53.0 Å². The topological polar surface area (TPSA) is 125 Å². The van der Waals surface area contributed by atoms with Crippen molar-refractivity contribution in [2.75, 3.05) is 13.1 Å². The van der Waals surface area contributed by atoms with Crippen molar-refractivity contribution < 1.29 is 19.5 Å². The first-order valence-corrected chi connectivity index (χ1v) is 11.8. The van der Waals surface area contributed by atoms with Crippen molar-refractivity contribution in [3.05, 3.63) is 34.3 Å². The average Bonchev–Trinajstić information content (AvgIpc) is 3.28. The van der Waals surface area contributed by atoms with Crippen molar-refractivity contribution >= 4 is 29.4 Å². The summed E-state index contributed by atoms with van der Waals surface area (Å²) >= 11 is 6.09. The molecule has 1 heterocycles. The minimum Gasteiger partial charge on any atom is -0.480 e. The van der Waals surface area contributed by atoms with E-state index < -0.39 is 18.1 Å². The molecule has 176 valence electrons. The summed E-state index contributed by atoms with van der Waals surface area (Å²) in [5, 5.41) is 15.6. The van der Waals surface area contributed by atoms with Crippen LogP contribution >= 0.6 is 11.6 Å². The first-order chi connectivity index (χ1) is 15.4. The Morgan fingerprint density at radius 1 is 1.12 bits per heavy atom. The summed E-state index contributed by atoms with van der Waals surface area (Å²) in [6.07, 6.45) is 6.33. The number of carboxylic acids is 1. The lowest BCUT2D eigenvalue weighted by molar-refractivity contribution is -0.142. The summed E-state index contributed by atoms with van der Waals surface area (Å²) in [5.74, 6) is -1.27. The van der Waals surface area contributed by atoms with Crippen LogP contribution < -0.4 is 16.4 Å². The molecule has 0 radical (unpaired) electrons. The molecule has 2 aliphatic rings. The van der Waals surface area contributed by atoms with Gasteiger partial charge in [-0.1, -0.05) is 36.9 Å². The number of nitrogens with two attached hydrogens (primary N) is 1. The van der Waals surface area contributed by atoms with Gasteiger partial charge in [0.1, 0.15) is 6.04 Å². The number of rotatable bonds is 9. The van der Waals surface area contributed by atoms with Gasteiger partial charge in [-0.05, 0) is 54.9 Å². The molecule has 0 unspecified atom stereocenters. The van der Waals surface area contributed by atoms with Gasteiger partial charge in [0.15, 0.2) is 0 Å². The number of likely N-dealkylation sites (tertiary alicyclic amines) is 1. The molecule has 1 aliphatic carbocycles. The number of hydrogen-bond donors (Lipinski definition) is 4. The van der Waals surface area contributed by atoms with Crippen molar-refractivity contribution in [3.63, 3.8) is 0 Å². The highest BCUT2D eigenvalue weighted by atomic mass is 35.5. The number of benzene rings is 1. The standard InChI is InChI=1S/C23H33ClN4O4/c24-18-9-8-16(12-25)17(11-18)13-27-22(31)19-7-4-10-28(19)23(32)21(26-14-20(29)30)15-5-2-1-3-6-15/h8-9,11,15,19,21,26H,1-7,10,12-14,25H2,(H,27,31)(H,29,30)/t19-,21+/m0/s1. The summed E-state index contributed by atoms with van der Waals surface area (Å²) in [4.78, 5) is 39.2. The molecule has 2 amide bonds. The van der Waals surface area contributed by atoms with Gasteiger partial charge in [-0.15, -0.1) is 0 Å². The van der Waals surface area contributed by atoms with E-state index in [1.165, 1.54) is 0 Å². The Labute approximate surface area is 193 Å². The Hall–Kier alpha value is -2.16. The number of carbonyl (C=O) groups is 3. The Balaban J connectivity index is 1.68. The fourth-order valence-corrected chi connectivity index (χ4v) is 5.06. The SMILES string of the molecule is NCc1ccc(Cl)cc1CNC(=O)[C@@H]1CCCN1C(=O)[C@H](NCC(=O)O)C1CCCCC1. The van der Waals surface area contributed by atoms with Gasteiger partial charge in [0, 0.05) is 24.7 Å². The normalized spacial score (nSPS) is 20.2.